The normalized spacial score (nSPS) is 15.9. The van der Waals surface area contributed by atoms with Gasteiger partial charge in [-0.25, -0.2) is 4.39 Å². The maximum atomic E-state index is 12.3. The Hall–Kier alpha value is 0.0669. The van der Waals surface area contributed by atoms with Crippen molar-refractivity contribution in [1.29, 1.82) is 0 Å². The number of hydrogen-bond donors (Lipinski definition) is 1. The highest BCUT2D eigenvalue weighted by Crippen LogP contribution is 2.37. The number of alkyl halides is 1. The summed E-state index contributed by atoms with van der Waals surface area (Å²) in [5.74, 6) is 0. The molecule has 0 aliphatic heterocycles. The lowest BCUT2D eigenvalue weighted by Crippen LogP contribution is -2.45. The zero-order valence-electron chi connectivity index (χ0n) is 9.22. The number of aliphatic hydroxyl groups excluding tert-OH is 1. The molecule has 0 heterocycles. The third-order valence-electron chi connectivity index (χ3n) is 2.64. The summed E-state index contributed by atoms with van der Waals surface area (Å²) >= 11 is 0. The first kappa shape index (κ1) is 13.1. The van der Waals surface area contributed by atoms with Gasteiger partial charge in [-0.1, -0.05) is 20.8 Å². The van der Waals surface area contributed by atoms with Crippen LogP contribution >= 0.6 is 0 Å². The molecule has 80 valence electrons. The van der Waals surface area contributed by atoms with Gasteiger partial charge >= 0.3 is 0 Å². The average molecular weight is 208 g/mol. The zero-order valence-corrected chi connectivity index (χ0v) is 10.2. The first-order valence-corrected chi connectivity index (χ1v) is 7.50. The number of halogens is 1. The van der Waals surface area contributed by atoms with Crippen molar-refractivity contribution in [2.75, 3.05) is 13.3 Å². The summed E-state index contributed by atoms with van der Waals surface area (Å²) in [4.78, 5) is 0. The van der Waals surface area contributed by atoms with E-state index in [-0.39, 0.29) is 11.6 Å². The second-order valence-electron chi connectivity index (χ2n) is 4.84. The van der Waals surface area contributed by atoms with Gasteiger partial charge in [-0.3, -0.25) is 0 Å². The maximum absolute atomic E-state index is 12.3. The Kier molecular flexibility index (Phi) is 4.55. The highest BCUT2D eigenvalue weighted by molar-refractivity contribution is 6.74. The Bertz CT molecular complexity index is 150. The monoisotopic (exact) mass is 208 g/mol. The topological polar surface area (TPSA) is 29.5 Å². The van der Waals surface area contributed by atoms with Gasteiger partial charge in [0.15, 0.2) is 8.32 Å². The van der Waals surface area contributed by atoms with E-state index in [2.05, 4.69) is 20.8 Å². The minimum absolute atomic E-state index is 0.0651. The fourth-order valence-corrected chi connectivity index (χ4v) is 2.04. The summed E-state index contributed by atoms with van der Waals surface area (Å²) in [5, 5.41) is 8.88. The SMILES string of the molecule is CC(C)(C)[Si](C)(C)O[C@@H](CO)CF. The molecule has 4 heteroatoms. The van der Waals surface area contributed by atoms with E-state index in [0.29, 0.717) is 0 Å². The summed E-state index contributed by atoms with van der Waals surface area (Å²) in [5.41, 5.74) is 0. The van der Waals surface area contributed by atoms with Crippen molar-refractivity contribution in [1.82, 2.24) is 0 Å². The molecule has 0 radical (unpaired) electrons. The van der Waals surface area contributed by atoms with Crippen molar-refractivity contribution in [3.63, 3.8) is 0 Å². The van der Waals surface area contributed by atoms with E-state index in [0.717, 1.165) is 0 Å². The first-order chi connectivity index (χ1) is 5.74. The fraction of sp³-hybridized carbons (Fsp3) is 1.00. The molecule has 0 spiro atoms. The van der Waals surface area contributed by atoms with Gasteiger partial charge in [-0.2, -0.15) is 0 Å². The van der Waals surface area contributed by atoms with Crippen molar-refractivity contribution >= 4 is 8.32 Å². The van der Waals surface area contributed by atoms with Crippen LogP contribution in [0.15, 0.2) is 0 Å². The molecule has 0 bridgehead atoms. The van der Waals surface area contributed by atoms with E-state index in [4.69, 9.17) is 9.53 Å². The average Bonchev–Trinajstić information content (AvgIpc) is 1.98. The molecule has 13 heavy (non-hydrogen) atoms. The number of hydrogen-bond acceptors (Lipinski definition) is 2. The molecule has 1 N–H and O–H groups in total. The van der Waals surface area contributed by atoms with Gasteiger partial charge in [0.25, 0.3) is 0 Å². The van der Waals surface area contributed by atoms with E-state index in [1.165, 1.54) is 0 Å². The van der Waals surface area contributed by atoms with E-state index in [1.807, 2.05) is 13.1 Å². The van der Waals surface area contributed by atoms with Crippen LogP contribution in [0.5, 0.6) is 0 Å². The van der Waals surface area contributed by atoms with E-state index >= 15 is 0 Å². The van der Waals surface area contributed by atoms with Crippen molar-refractivity contribution in [2.24, 2.45) is 0 Å². The Morgan fingerprint density at radius 2 is 1.85 bits per heavy atom. The van der Waals surface area contributed by atoms with Gasteiger partial charge in [0.05, 0.1) is 12.7 Å². The van der Waals surface area contributed by atoms with Crippen LogP contribution in [0.4, 0.5) is 4.39 Å². The predicted molar refractivity (Wildman–Crippen MR) is 55.1 cm³/mol. The lowest BCUT2D eigenvalue weighted by Gasteiger charge is -2.38. The van der Waals surface area contributed by atoms with Crippen molar-refractivity contribution in [3.8, 4) is 0 Å². The summed E-state index contributed by atoms with van der Waals surface area (Å²) < 4.78 is 17.9. The molecule has 0 rings (SSSR count). The fourth-order valence-electron chi connectivity index (χ4n) is 0.711. The lowest BCUT2D eigenvalue weighted by atomic mass is 10.2. The first-order valence-electron chi connectivity index (χ1n) is 4.59. The molecule has 0 saturated heterocycles. The third-order valence-corrected chi connectivity index (χ3v) is 7.18. The molecule has 0 aliphatic rings. The van der Waals surface area contributed by atoms with Crippen LogP contribution in [0.1, 0.15) is 20.8 Å². The molecule has 0 aromatic heterocycles. The summed E-state index contributed by atoms with van der Waals surface area (Å²) in [7, 11) is -1.91. The van der Waals surface area contributed by atoms with E-state index in [9.17, 15) is 4.39 Å². The highest BCUT2D eigenvalue weighted by Gasteiger charge is 2.38. The second kappa shape index (κ2) is 4.53. The Labute approximate surface area is 81.2 Å². The van der Waals surface area contributed by atoms with Crippen LogP contribution in [-0.4, -0.2) is 32.8 Å². The van der Waals surface area contributed by atoms with Crippen molar-refractivity contribution < 1.29 is 13.9 Å². The van der Waals surface area contributed by atoms with Gasteiger partial charge in [0.1, 0.15) is 6.67 Å². The quantitative estimate of drug-likeness (QED) is 0.719. The zero-order chi connectivity index (χ0) is 10.7. The van der Waals surface area contributed by atoms with Crippen LogP contribution in [0.2, 0.25) is 18.1 Å². The minimum Gasteiger partial charge on any atom is -0.409 e. The molecule has 1 atom stereocenters. The molecule has 0 unspecified atom stereocenters. The van der Waals surface area contributed by atoms with Gasteiger partial charge in [0, 0.05) is 0 Å². The molecule has 2 nitrogen and oxygen atoms in total. The molecule has 0 amide bonds. The Balaban J connectivity index is 4.31. The van der Waals surface area contributed by atoms with E-state index in [1.54, 1.807) is 0 Å². The lowest BCUT2D eigenvalue weighted by molar-refractivity contribution is 0.0815. The van der Waals surface area contributed by atoms with Crippen LogP contribution < -0.4 is 0 Å². The van der Waals surface area contributed by atoms with Gasteiger partial charge < -0.3 is 9.53 Å². The molecular formula is C9H21FO2Si. The molecule has 0 aromatic carbocycles. The summed E-state index contributed by atoms with van der Waals surface area (Å²) in [6, 6.07) is 0. The molecular weight excluding hydrogens is 187 g/mol. The summed E-state index contributed by atoms with van der Waals surface area (Å²) in [6.45, 7) is 9.52. The standard InChI is InChI=1S/C9H21FO2Si/c1-9(2,3)13(4,5)12-8(6-10)7-11/h8,11H,6-7H2,1-5H3/t8-/m1/s1. The summed E-state index contributed by atoms with van der Waals surface area (Å²) in [6.07, 6.45) is -0.638. The third kappa shape index (κ3) is 3.75. The molecule has 0 fully saturated rings. The predicted octanol–water partition coefficient (Wildman–Crippen LogP) is 2.34. The molecule has 0 aromatic rings. The Morgan fingerprint density at radius 3 is 2.08 bits per heavy atom. The smallest absolute Gasteiger partial charge is 0.192 e. The highest BCUT2D eigenvalue weighted by atomic mass is 28.4. The van der Waals surface area contributed by atoms with Crippen molar-refractivity contribution in [3.05, 3.63) is 0 Å². The molecule has 0 saturated carbocycles. The van der Waals surface area contributed by atoms with Gasteiger partial charge in [0.2, 0.25) is 0 Å². The van der Waals surface area contributed by atoms with Crippen LogP contribution in [0, 0.1) is 0 Å². The van der Waals surface area contributed by atoms with Crippen molar-refractivity contribution in [2.45, 2.75) is 45.0 Å². The molecule has 0 aliphatic carbocycles. The number of aliphatic hydroxyl groups is 1. The largest absolute Gasteiger partial charge is 0.409 e. The van der Waals surface area contributed by atoms with Crippen LogP contribution in [0.25, 0.3) is 0 Å². The maximum Gasteiger partial charge on any atom is 0.192 e. The van der Waals surface area contributed by atoms with Crippen LogP contribution in [0.3, 0.4) is 0 Å². The minimum atomic E-state index is -1.91. The van der Waals surface area contributed by atoms with E-state index < -0.39 is 21.1 Å². The van der Waals surface area contributed by atoms with Gasteiger partial charge in [-0.05, 0) is 18.1 Å². The van der Waals surface area contributed by atoms with Crippen LogP contribution in [-0.2, 0) is 4.43 Å². The number of rotatable bonds is 4. The second-order valence-corrected chi connectivity index (χ2v) is 9.59. The van der Waals surface area contributed by atoms with Gasteiger partial charge in [-0.15, -0.1) is 0 Å². The Morgan fingerprint density at radius 1 is 1.38 bits per heavy atom.